The SMILES string of the molecule is CCCCCN(C)S(=O)(=O)c1ccccc1CNCCC. The zero-order valence-electron chi connectivity index (χ0n) is 13.4. The van der Waals surface area contributed by atoms with Gasteiger partial charge >= 0.3 is 0 Å². The average molecular weight is 312 g/mol. The highest BCUT2D eigenvalue weighted by atomic mass is 32.2. The minimum Gasteiger partial charge on any atom is -0.313 e. The number of sulfonamides is 1. The van der Waals surface area contributed by atoms with Crippen LogP contribution in [0.1, 0.15) is 45.1 Å². The van der Waals surface area contributed by atoms with Crippen molar-refractivity contribution >= 4 is 10.0 Å². The molecule has 0 saturated carbocycles. The van der Waals surface area contributed by atoms with E-state index in [1.54, 1.807) is 19.2 Å². The van der Waals surface area contributed by atoms with Crippen LogP contribution < -0.4 is 5.32 Å². The molecule has 1 aromatic carbocycles. The van der Waals surface area contributed by atoms with Crippen molar-refractivity contribution in [3.05, 3.63) is 29.8 Å². The van der Waals surface area contributed by atoms with E-state index in [1.807, 2.05) is 12.1 Å². The maximum atomic E-state index is 12.7. The standard InChI is InChI=1S/C16H28N2O2S/c1-4-6-9-13-18(3)21(19,20)16-11-8-7-10-15(16)14-17-12-5-2/h7-8,10-11,17H,4-6,9,12-14H2,1-3H3. The first-order valence-electron chi connectivity index (χ1n) is 7.79. The molecule has 5 heteroatoms. The van der Waals surface area contributed by atoms with Crippen LogP contribution in [0.15, 0.2) is 29.2 Å². The zero-order valence-corrected chi connectivity index (χ0v) is 14.2. The predicted octanol–water partition coefficient (Wildman–Crippen LogP) is 3.00. The first kappa shape index (κ1) is 18.1. The van der Waals surface area contributed by atoms with Gasteiger partial charge in [-0.2, -0.15) is 0 Å². The maximum Gasteiger partial charge on any atom is 0.243 e. The van der Waals surface area contributed by atoms with Crippen LogP contribution in [-0.2, 0) is 16.6 Å². The number of benzene rings is 1. The Morgan fingerprint density at radius 3 is 2.48 bits per heavy atom. The second-order valence-corrected chi connectivity index (χ2v) is 7.33. The Labute approximate surface area is 129 Å². The van der Waals surface area contributed by atoms with Gasteiger partial charge in [-0.3, -0.25) is 0 Å². The summed E-state index contributed by atoms with van der Waals surface area (Å²) in [6, 6.07) is 7.26. The molecule has 0 fully saturated rings. The molecule has 120 valence electrons. The third kappa shape index (κ3) is 5.41. The molecule has 0 radical (unpaired) electrons. The van der Waals surface area contributed by atoms with Crippen molar-refractivity contribution in [2.24, 2.45) is 0 Å². The molecule has 0 bridgehead atoms. The van der Waals surface area contributed by atoms with Gasteiger partial charge in [-0.1, -0.05) is 44.9 Å². The van der Waals surface area contributed by atoms with E-state index in [2.05, 4.69) is 19.2 Å². The van der Waals surface area contributed by atoms with Gasteiger partial charge in [0.25, 0.3) is 0 Å². The monoisotopic (exact) mass is 312 g/mol. The first-order chi connectivity index (χ1) is 10.0. The van der Waals surface area contributed by atoms with Crippen molar-refractivity contribution in [1.29, 1.82) is 0 Å². The van der Waals surface area contributed by atoms with Crippen molar-refractivity contribution < 1.29 is 8.42 Å². The van der Waals surface area contributed by atoms with Gasteiger partial charge in [-0.05, 0) is 31.0 Å². The lowest BCUT2D eigenvalue weighted by molar-refractivity contribution is 0.453. The van der Waals surface area contributed by atoms with E-state index in [0.717, 1.165) is 37.8 Å². The van der Waals surface area contributed by atoms with Crippen LogP contribution in [-0.4, -0.2) is 32.9 Å². The summed E-state index contributed by atoms with van der Waals surface area (Å²) in [5.74, 6) is 0. The number of unbranched alkanes of at least 4 members (excludes halogenated alkanes) is 2. The second kappa shape index (κ2) is 9.18. The van der Waals surface area contributed by atoms with Crippen molar-refractivity contribution in [2.75, 3.05) is 20.1 Å². The van der Waals surface area contributed by atoms with Gasteiger partial charge in [0.1, 0.15) is 0 Å². The molecule has 0 aliphatic rings. The summed E-state index contributed by atoms with van der Waals surface area (Å²) in [5, 5.41) is 3.27. The van der Waals surface area contributed by atoms with Gasteiger partial charge in [0.2, 0.25) is 10.0 Å². The highest BCUT2D eigenvalue weighted by molar-refractivity contribution is 7.89. The van der Waals surface area contributed by atoms with Crippen LogP contribution in [0.5, 0.6) is 0 Å². The minimum absolute atomic E-state index is 0.424. The molecule has 0 amide bonds. The van der Waals surface area contributed by atoms with Gasteiger partial charge in [-0.25, -0.2) is 12.7 Å². The summed E-state index contributed by atoms with van der Waals surface area (Å²) in [4.78, 5) is 0.424. The van der Waals surface area contributed by atoms with Gasteiger partial charge in [-0.15, -0.1) is 0 Å². The van der Waals surface area contributed by atoms with E-state index in [0.29, 0.717) is 18.0 Å². The Balaban J connectivity index is 2.86. The number of rotatable bonds is 10. The predicted molar refractivity (Wildman–Crippen MR) is 87.8 cm³/mol. The van der Waals surface area contributed by atoms with Crippen LogP contribution in [0, 0.1) is 0 Å². The molecule has 0 saturated heterocycles. The molecule has 0 aromatic heterocycles. The van der Waals surface area contributed by atoms with Crippen molar-refractivity contribution in [3.8, 4) is 0 Å². The third-order valence-corrected chi connectivity index (χ3v) is 5.44. The normalized spacial score (nSPS) is 12.0. The van der Waals surface area contributed by atoms with Crippen LogP contribution in [0.25, 0.3) is 0 Å². The Morgan fingerprint density at radius 1 is 1.10 bits per heavy atom. The molecule has 0 spiro atoms. The molecule has 4 nitrogen and oxygen atoms in total. The minimum atomic E-state index is -3.39. The number of nitrogens with zero attached hydrogens (tertiary/aromatic N) is 1. The summed E-state index contributed by atoms with van der Waals surface area (Å²) in [5.41, 5.74) is 0.841. The summed E-state index contributed by atoms with van der Waals surface area (Å²) < 4.78 is 26.8. The first-order valence-corrected chi connectivity index (χ1v) is 9.23. The molecule has 0 heterocycles. The number of hydrogen-bond acceptors (Lipinski definition) is 3. The molecule has 0 atom stereocenters. The van der Waals surface area contributed by atoms with Crippen molar-refractivity contribution in [1.82, 2.24) is 9.62 Å². The van der Waals surface area contributed by atoms with Crippen molar-refractivity contribution in [2.45, 2.75) is 51.0 Å². The highest BCUT2D eigenvalue weighted by Gasteiger charge is 2.22. The third-order valence-electron chi connectivity index (χ3n) is 3.48. The average Bonchev–Trinajstić information content (AvgIpc) is 2.48. The Hall–Kier alpha value is -0.910. The van der Waals surface area contributed by atoms with Gasteiger partial charge in [0.05, 0.1) is 4.90 Å². The van der Waals surface area contributed by atoms with Crippen LogP contribution in [0.4, 0.5) is 0 Å². The molecular formula is C16H28N2O2S. The summed E-state index contributed by atoms with van der Waals surface area (Å²) in [6.07, 6.45) is 4.08. The molecule has 1 aromatic rings. The number of nitrogens with one attached hydrogen (secondary N) is 1. The lowest BCUT2D eigenvalue weighted by Crippen LogP contribution is -2.29. The summed E-state index contributed by atoms with van der Waals surface area (Å²) >= 11 is 0. The van der Waals surface area contributed by atoms with Gasteiger partial charge in [0, 0.05) is 20.1 Å². The summed E-state index contributed by atoms with van der Waals surface area (Å²) in [6.45, 7) is 6.26. The topological polar surface area (TPSA) is 49.4 Å². The van der Waals surface area contributed by atoms with E-state index in [4.69, 9.17) is 0 Å². The molecule has 0 aliphatic heterocycles. The van der Waals surface area contributed by atoms with Gasteiger partial charge in [0.15, 0.2) is 0 Å². The molecule has 1 rings (SSSR count). The quantitative estimate of drug-likeness (QED) is 0.676. The molecular weight excluding hydrogens is 284 g/mol. The summed E-state index contributed by atoms with van der Waals surface area (Å²) in [7, 11) is -1.73. The fourth-order valence-electron chi connectivity index (χ4n) is 2.17. The van der Waals surface area contributed by atoms with E-state index in [1.165, 1.54) is 4.31 Å². The Bertz CT molecular complexity index is 515. The lowest BCUT2D eigenvalue weighted by atomic mass is 10.2. The van der Waals surface area contributed by atoms with E-state index in [9.17, 15) is 8.42 Å². The van der Waals surface area contributed by atoms with E-state index < -0.39 is 10.0 Å². The van der Waals surface area contributed by atoms with Crippen LogP contribution in [0.2, 0.25) is 0 Å². The number of hydrogen-bond donors (Lipinski definition) is 1. The second-order valence-electron chi connectivity index (χ2n) is 5.32. The van der Waals surface area contributed by atoms with Crippen molar-refractivity contribution in [3.63, 3.8) is 0 Å². The van der Waals surface area contributed by atoms with Gasteiger partial charge < -0.3 is 5.32 Å². The molecule has 0 unspecified atom stereocenters. The Morgan fingerprint density at radius 2 is 1.81 bits per heavy atom. The molecule has 0 aliphatic carbocycles. The van der Waals surface area contributed by atoms with E-state index in [-0.39, 0.29) is 0 Å². The smallest absolute Gasteiger partial charge is 0.243 e. The Kier molecular flexibility index (Phi) is 7.93. The van der Waals surface area contributed by atoms with Crippen LogP contribution in [0.3, 0.4) is 0 Å². The molecule has 21 heavy (non-hydrogen) atoms. The maximum absolute atomic E-state index is 12.7. The molecule has 1 N–H and O–H groups in total. The largest absolute Gasteiger partial charge is 0.313 e. The zero-order chi connectivity index (χ0) is 15.7. The fourth-order valence-corrected chi connectivity index (χ4v) is 3.60. The highest BCUT2D eigenvalue weighted by Crippen LogP contribution is 2.19. The lowest BCUT2D eigenvalue weighted by Gasteiger charge is -2.19. The fraction of sp³-hybridized carbons (Fsp3) is 0.625. The van der Waals surface area contributed by atoms with E-state index >= 15 is 0 Å². The van der Waals surface area contributed by atoms with Crippen LogP contribution >= 0.6 is 0 Å².